The van der Waals surface area contributed by atoms with Crippen molar-refractivity contribution in [1.29, 1.82) is 0 Å². The molecule has 0 fully saturated rings. The van der Waals surface area contributed by atoms with Crippen LogP contribution in [0.4, 0.5) is 0 Å². The van der Waals surface area contributed by atoms with E-state index in [-0.39, 0.29) is 0 Å². The topological polar surface area (TPSA) is 77.0 Å². The highest BCUT2D eigenvalue weighted by Gasteiger charge is 2.21. The highest BCUT2D eigenvalue weighted by Crippen LogP contribution is 2.20. The van der Waals surface area contributed by atoms with Crippen LogP contribution in [0.1, 0.15) is 26.2 Å². The van der Waals surface area contributed by atoms with Gasteiger partial charge in [0.2, 0.25) is 0 Å². The predicted octanol–water partition coefficient (Wildman–Crippen LogP) is 0.787. The lowest BCUT2D eigenvalue weighted by molar-refractivity contribution is 0.0360. The molecule has 1 aromatic rings. The van der Waals surface area contributed by atoms with Crippen molar-refractivity contribution in [2.45, 2.75) is 36.9 Å². The quantitative estimate of drug-likeness (QED) is 0.548. The summed E-state index contributed by atoms with van der Waals surface area (Å²) in [6, 6.07) is 0. The normalized spacial score (nSPS) is 15.0. The summed E-state index contributed by atoms with van der Waals surface area (Å²) in [5.74, 6) is 0.925. The first-order valence-corrected chi connectivity index (χ1v) is 6.49. The highest BCUT2D eigenvalue weighted by molar-refractivity contribution is 7.99. The number of rotatable bonds is 7. The lowest BCUT2D eigenvalue weighted by atomic mass is 9.95. The molecule has 6 heteroatoms. The van der Waals surface area contributed by atoms with Crippen molar-refractivity contribution >= 4 is 11.8 Å². The molecule has 1 atom stereocenters. The Bertz CT molecular complexity index is 312. The molecule has 0 radical (unpaired) electrons. The minimum Gasteiger partial charge on any atom is -0.389 e. The van der Waals surface area contributed by atoms with E-state index in [4.69, 9.17) is 5.73 Å². The summed E-state index contributed by atoms with van der Waals surface area (Å²) in [7, 11) is 1.87. The van der Waals surface area contributed by atoms with Crippen LogP contribution in [0.3, 0.4) is 0 Å². The lowest BCUT2D eigenvalue weighted by Gasteiger charge is -2.24. The van der Waals surface area contributed by atoms with Gasteiger partial charge in [-0.3, -0.25) is 0 Å². The molecule has 92 valence electrons. The summed E-state index contributed by atoms with van der Waals surface area (Å²) in [5, 5.41) is 14.9. The Morgan fingerprint density at radius 2 is 2.38 bits per heavy atom. The third kappa shape index (κ3) is 3.77. The van der Waals surface area contributed by atoms with Crippen molar-refractivity contribution in [2.24, 2.45) is 12.8 Å². The Kier molecular flexibility index (Phi) is 5.24. The van der Waals surface area contributed by atoms with Crippen molar-refractivity contribution in [3.63, 3.8) is 0 Å². The van der Waals surface area contributed by atoms with E-state index in [1.807, 2.05) is 14.0 Å². The molecule has 0 saturated heterocycles. The maximum Gasteiger partial charge on any atom is 0.185 e. The smallest absolute Gasteiger partial charge is 0.185 e. The van der Waals surface area contributed by atoms with E-state index < -0.39 is 5.60 Å². The van der Waals surface area contributed by atoms with Crippen LogP contribution in [0.2, 0.25) is 0 Å². The number of nitrogens with two attached hydrogens (primary N) is 1. The van der Waals surface area contributed by atoms with Crippen LogP contribution in [-0.2, 0) is 7.05 Å². The van der Waals surface area contributed by atoms with E-state index in [9.17, 15) is 5.11 Å². The van der Waals surface area contributed by atoms with Gasteiger partial charge in [0.25, 0.3) is 0 Å². The molecule has 5 nitrogen and oxygen atoms in total. The van der Waals surface area contributed by atoms with Gasteiger partial charge in [0.05, 0.1) is 5.60 Å². The highest BCUT2D eigenvalue weighted by atomic mass is 32.2. The van der Waals surface area contributed by atoms with Gasteiger partial charge in [-0.2, -0.15) is 5.10 Å². The van der Waals surface area contributed by atoms with Crippen LogP contribution in [0.5, 0.6) is 0 Å². The minimum absolute atomic E-state index is 0.331. The molecule has 16 heavy (non-hydrogen) atoms. The van der Waals surface area contributed by atoms with E-state index in [1.165, 1.54) is 0 Å². The second kappa shape index (κ2) is 6.22. The first-order valence-electron chi connectivity index (χ1n) is 5.50. The molecule has 3 N–H and O–H groups in total. The summed E-state index contributed by atoms with van der Waals surface area (Å²) in [5.41, 5.74) is 4.84. The summed E-state index contributed by atoms with van der Waals surface area (Å²) >= 11 is 1.65. The average Bonchev–Trinajstić information content (AvgIpc) is 2.70. The number of hydrogen-bond acceptors (Lipinski definition) is 5. The molecule has 0 aromatic carbocycles. The van der Waals surface area contributed by atoms with E-state index in [1.54, 1.807) is 22.8 Å². The number of aryl methyl sites for hydroxylation is 1. The fraction of sp³-hybridized carbons (Fsp3) is 0.800. The SMILES string of the molecule is CCC(O)(CN)CCCSc1ncnn1C. The van der Waals surface area contributed by atoms with Gasteiger partial charge in [-0.05, 0) is 19.3 Å². The Morgan fingerprint density at radius 1 is 1.62 bits per heavy atom. The van der Waals surface area contributed by atoms with E-state index in [0.29, 0.717) is 13.0 Å². The molecule has 0 aliphatic heterocycles. The molecule has 0 spiro atoms. The first kappa shape index (κ1) is 13.5. The molecule has 1 rings (SSSR count). The zero-order chi connectivity index (χ0) is 12.0. The van der Waals surface area contributed by atoms with Crippen molar-refractivity contribution in [3.8, 4) is 0 Å². The third-order valence-electron chi connectivity index (χ3n) is 2.73. The molecule has 1 aromatic heterocycles. The Hall–Kier alpha value is -0.590. The zero-order valence-electron chi connectivity index (χ0n) is 9.89. The van der Waals surface area contributed by atoms with E-state index >= 15 is 0 Å². The molecule has 0 aliphatic rings. The van der Waals surface area contributed by atoms with Crippen LogP contribution < -0.4 is 5.73 Å². The Balaban J connectivity index is 2.24. The van der Waals surface area contributed by atoms with Gasteiger partial charge in [0, 0.05) is 19.3 Å². The monoisotopic (exact) mass is 244 g/mol. The standard InChI is InChI=1S/C10H20N4OS/c1-3-10(15,7-11)5-4-6-16-9-12-8-13-14(9)2/h8,15H,3-7,11H2,1-2H3. The van der Waals surface area contributed by atoms with Crippen LogP contribution >= 0.6 is 11.8 Å². The van der Waals surface area contributed by atoms with Crippen LogP contribution in [0.15, 0.2) is 11.5 Å². The van der Waals surface area contributed by atoms with Crippen LogP contribution in [-0.4, -0.2) is 37.8 Å². The van der Waals surface area contributed by atoms with Crippen LogP contribution in [0.25, 0.3) is 0 Å². The Labute approximate surface area is 100 Å². The summed E-state index contributed by atoms with van der Waals surface area (Å²) < 4.78 is 1.75. The summed E-state index contributed by atoms with van der Waals surface area (Å²) in [6.45, 7) is 2.29. The number of thioether (sulfide) groups is 1. The van der Waals surface area contributed by atoms with Gasteiger partial charge in [0.1, 0.15) is 6.33 Å². The number of aromatic nitrogens is 3. The van der Waals surface area contributed by atoms with Crippen molar-refractivity contribution in [3.05, 3.63) is 6.33 Å². The van der Waals surface area contributed by atoms with E-state index in [0.717, 1.165) is 23.8 Å². The van der Waals surface area contributed by atoms with Crippen LogP contribution in [0, 0.1) is 0 Å². The van der Waals surface area contributed by atoms with Crippen molar-refractivity contribution in [2.75, 3.05) is 12.3 Å². The lowest BCUT2D eigenvalue weighted by Crippen LogP contribution is -2.36. The van der Waals surface area contributed by atoms with Crippen molar-refractivity contribution < 1.29 is 5.11 Å². The molecular formula is C10H20N4OS. The molecule has 1 heterocycles. The molecule has 0 saturated carbocycles. The minimum atomic E-state index is -0.694. The maximum absolute atomic E-state index is 9.97. The second-order valence-corrected chi connectivity index (χ2v) is 4.96. The number of nitrogens with zero attached hydrogens (tertiary/aromatic N) is 3. The average molecular weight is 244 g/mol. The molecule has 0 bridgehead atoms. The predicted molar refractivity (Wildman–Crippen MR) is 65.3 cm³/mol. The van der Waals surface area contributed by atoms with Gasteiger partial charge in [-0.1, -0.05) is 18.7 Å². The van der Waals surface area contributed by atoms with Crippen molar-refractivity contribution in [1.82, 2.24) is 14.8 Å². The van der Waals surface area contributed by atoms with Gasteiger partial charge in [-0.15, -0.1) is 0 Å². The first-order chi connectivity index (χ1) is 7.61. The Morgan fingerprint density at radius 3 is 2.88 bits per heavy atom. The summed E-state index contributed by atoms with van der Waals surface area (Å²) in [6.07, 6.45) is 3.92. The van der Waals surface area contributed by atoms with E-state index in [2.05, 4.69) is 10.1 Å². The zero-order valence-corrected chi connectivity index (χ0v) is 10.7. The fourth-order valence-electron chi connectivity index (χ4n) is 1.40. The van der Waals surface area contributed by atoms with Gasteiger partial charge < -0.3 is 10.8 Å². The maximum atomic E-state index is 9.97. The molecule has 0 amide bonds. The number of aliphatic hydroxyl groups is 1. The third-order valence-corrected chi connectivity index (χ3v) is 3.85. The molecular weight excluding hydrogens is 224 g/mol. The summed E-state index contributed by atoms with van der Waals surface area (Å²) in [4.78, 5) is 4.12. The molecule has 0 aliphatic carbocycles. The second-order valence-electron chi connectivity index (χ2n) is 3.90. The fourth-order valence-corrected chi connectivity index (χ4v) is 2.23. The molecule has 1 unspecified atom stereocenters. The van der Waals surface area contributed by atoms with Gasteiger partial charge in [0.15, 0.2) is 5.16 Å². The van der Waals surface area contributed by atoms with Gasteiger partial charge in [-0.25, -0.2) is 9.67 Å². The number of hydrogen-bond donors (Lipinski definition) is 2. The largest absolute Gasteiger partial charge is 0.389 e. The van der Waals surface area contributed by atoms with Gasteiger partial charge >= 0.3 is 0 Å².